The number of nitrogens with one attached hydrogen (secondary N) is 1. The van der Waals surface area contributed by atoms with Crippen molar-refractivity contribution in [2.45, 2.75) is 12.3 Å². The molecule has 0 fully saturated rings. The predicted molar refractivity (Wildman–Crippen MR) is 81.9 cm³/mol. The number of alkyl halides is 3. The Labute approximate surface area is 135 Å². The van der Waals surface area contributed by atoms with Gasteiger partial charge in [0.05, 0.1) is 0 Å². The molecule has 1 aromatic heterocycles. The van der Waals surface area contributed by atoms with E-state index in [0.717, 1.165) is 13.2 Å². The van der Waals surface area contributed by atoms with E-state index in [4.69, 9.17) is 0 Å². The van der Waals surface area contributed by atoms with Gasteiger partial charge in [0, 0.05) is 26.0 Å². The summed E-state index contributed by atoms with van der Waals surface area (Å²) in [6.45, 7) is 0. The first-order chi connectivity index (χ1) is 11.2. The molecule has 0 aliphatic rings. The van der Waals surface area contributed by atoms with Crippen LogP contribution >= 0.6 is 0 Å². The molecule has 0 aliphatic heterocycles. The van der Waals surface area contributed by atoms with Crippen molar-refractivity contribution < 1.29 is 22.7 Å². The van der Waals surface area contributed by atoms with Gasteiger partial charge >= 0.3 is 6.18 Å². The molecule has 8 heteroatoms. The largest absolute Gasteiger partial charge is 0.418 e. The summed E-state index contributed by atoms with van der Waals surface area (Å²) in [5.41, 5.74) is -0.626. The molecule has 1 heterocycles. The molecule has 0 radical (unpaired) electrons. The Kier molecular flexibility index (Phi) is 5.08. The molecular formula is C16H15F3N2O3. The van der Waals surface area contributed by atoms with Crippen LogP contribution in [0.3, 0.4) is 0 Å². The van der Waals surface area contributed by atoms with E-state index in [1.807, 2.05) is 0 Å². The first-order valence-corrected chi connectivity index (χ1v) is 6.90. The van der Waals surface area contributed by atoms with Crippen molar-refractivity contribution in [3.8, 4) is 0 Å². The van der Waals surface area contributed by atoms with E-state index in [0.29, 0.717) is 0 Å². The number of carbonyl (C=O) groups is 1. The summed E-state index contributed by atoms with van der Waals surface area (Å²) in [4.78, 5) is 24.0. The van der Waals surface area contributed by atoms with E-state index >= 15 is 0 Å². The van der Waals surface area contributed by atoms with E-state index in [1.165, 1.54) is 48.1 Å². The molecule has 0 aliphatic carbocycles. The maximum atomic E-state index is 12.9. The number of hydrogen-bond donors (Lipinski definition) is 1. The zero-order valence-corrected chi connectivity index (χ0v) is 12.9. The molecule has 2 aromatic rings. The van der Waals surface area contributed by atoms with Crippen LogP contribution in [0.4, 0.5) is 18.9 Å². The molecule has 128 valence electrons. The number of pyridine rings is 1. The number of hydrogen-bond acceptors (Lipinski definition) is 3. The first kappa shape index (κ1) is 17.7. The standard InChI is InChI=1S/C16H15F3N2O3/c1-21-8-4-7-12(15(21)23)14(22)20-11-6-3-5-10(9-11)13(24-2)16(17,18)19/h3-9,13H,1-2H3,(H,20,22). The first-order valence-electron chi connectivity index (χ1n) is 6.90. The third-order valence-electron chi connectivity index (χ3n) is 3.35. The lowest BCUT2D eigenvalue weighted by Crippen LogP contribution is -2.27. The second-order valence-electron chi connectivity index (χ2n) is 5.07. The quantitative estimate of drug-likeness (QED) is 0.931. The summed E-state index contributed by atoms with van der Waals surface area (Å²) in [5, 5.41) is 2.42. The fraction of sp³-hybridized carbons (Fsp3) is 0.250. The van der Waals surface area contributed by atoms with Crippen LogP contribution in [0.5, 0.6) is 0 Å². The predicted octanol–water partition coefficient (Wildman–Crippen LogP) is 2.89. The van der Waals surface area contributed by atoms with Crippen molar-refractivity contribution in [3.63, 3.8) is 0 Å². The van der Waals surface area contributed by atoms with Crippen molar-refractivity contribution in [2.75, 3.05) is 12.4 Å². The number of amides is 1. The Morgan fingerprint density at radius 1 is 1.25 bits per heavy atom. The van der Waals surface area contributed by atoms with Gasteiger partial charge in [0.2, 0.25) is 0 Å². The summed E-state index contributed by atoms with van der Waals surface area (Å²) in [6, 6.07) is 8.07. The van der Waals surface area contributed by atoms with Gasteiger partial charge in [-0.05, 0) is 29.8 Å². The number of aromatic nitrogens is 1. The smallest absolute Gasteiger partial charge is 0.367 e. The number of ether oxygens (including phenoxy) is 1. The van der Waals surface area contributed by atoms with Crippen LogP contribution < -0.4 is 10.9 Å². The van der Waals surface area contributed by atoms with Crippen LogP contribution in [0.2, 0.25) is 0 Å². The minimum absolute atomic E-state index is 0.107. The van der Waals surface area contributed by atoms with Gasteiger partial charge in [-0.2, -0.15) is 13.2 Å². The van der Waals surface area contributed by atoms with Crippen LogP contribution in [0.25, 0.3) is 0 Å². The SMILES string of the molecule is COC(c1cccc(NC(=O)c2cccn(C)c2=O)c1)C(F)(F)F. The number of halogens is 3. The number of methoxy groups -OCH3 is 1. The Morgan fingerprint density at radius 3 is 2.58 bits per heavy atom. The molecule has 0 saturated heterocycles. The highest BCUT2D eigenvalue weighted by Gasteiger charge is 2.41. The third kappa shape index (κ3) is 3.83. The third-order valence-corrected chi connectivity index (χ3v) is 3.35. The number of rotatable bonds is 4. The monoisotopic (exact) mass is 340 g/mol. The Bertz CT molecular complexity index is 800. The second-order valence-corrected chi connectivity index (χ2v) is 5.07. The van der Waals surface area contributed by atoms with Crippen LogP contribution in [0.1, 0.15) is 22.0 Å². The van der Waals surface area contributed by atoms with Crippen molar-refractivity contribution >= 4 is 11.6 Å². The molecule has 0 spiro atoms. The van der Waals surface area contributed by atoms with Crippen LogP contribution in [-0.2, 0) is 11.8 Å². The fourth-order valence-corrected chi connectivity index (χ4v) is 2.21. The summed E-state index contributed by atoms with van der Waals surface area (Å²) in [6.07, 6.45) is -5.18. The fourth-order valence-electron chi connectivity index (χ4n) is 2.21. The Morgan fingerprint density at radius 2 is 1.96 bits per heavy atom. The Hall–Kier alpha value is -2.61. The average molecular weight is 340 g/mol. The minimum atomic E-state index is -4.58. The van der Waals surface area contributed by atoms with Gasteiger partial charge in [-0.3, -0.25) is 9.59 Å². The van der Waals surface area contributed by atoms with Gasteiger partial charge < -0.3 is 14.6 Å². The summed E-state index contributed by atoms with van der Waals surface area (Å²) in [5.74, 6) is -0.700. The van der Waals surface area contributed by atoms with E-state index in [2.05, 4.69) is 10.1 Å². The van der Waals surface area contributed by atoms with Crippen molar-refractivity contribution in [1.82, 2.24) is 4.57 Å². The summed E-state index contributed by atoms with van der Waals surface area (Å²) < 4.78 is 44.4. The summed E-state index contributed by atoms with van der Waals surface area (Å²) >= 11 is 0. The van der Waals surface area contributed by atoms with Gasteiger partial charge in [0.15, 0.2) is 6.10 Å². The van der Waals surface area contributed by atoms with Crippen molar-refractivity contribution in [2.24, 2.45) is 7.05 Å². The van der Waals surface area contributed by atoms with E-state index in [-0.39, 0.29) is 16.8 Å². The normalized spacial score (nSPS) is 12.7. The molecule has 1 aromatic carbocycles. The lowest BCUT2D eigenvalue weighted by Gasteiger charge is -2.19. The Balaban J connectivity index is 2.28. The molecule has 5 nitrogen and oxygen atoms in total. The topological polar surface area (TPSA) is 60.3 Å². The zero-order valence-electron chi connectivity index (χ0n) is 12.9. The van der Waals surface area contributed by atoms with Crippen LogP contribution in [0.15, 0.2) is 47.4 Å². The van der Waals surface area contributed by atoms with E-state index < -0.39 is 23.7 Å². The lowest BCUT2D eigenvalue weighted by atomic mass is 10.1. The maximum absolute atomic E-state index is 12.9. The number of carbonyl (C=O) groups excluding carboxylic acids is 1. The molecule has 1 unspecified atom stereocenters. The lowest BCUT2D eigenvalue weighted by molar-refractivity contribution is -0.215. The zero-order chi connectivity index (χ0) is 17.9. The summed E-state index contributed by atoms with van der Waals surface area (Å²) in [7, 11) is 2.45. The molecule has 0 bridgehead atoms. The van der Waals surface area contributed by atoms with Crippen molar-refractivity contribution in [3.05, 3.63) is 64.1 Å². The molecular weight excluding hydrogens is 325 g/mol. The van der Waals surface area contributed by atoms with Gasteiger partial charge in [-0.15, -0.1) is 0 Å². The number of aryl methyl sites for hydroxylation is 1. The second kappa shape index (κ2) is 6.88. The highest BCUT2D eigenvalue weighted by molar-refractivity contribution is 6.04. The maximum Gasteiger partial charge on any atom is 0.418 e. The minimum Gasteiger partial charge on any atom is -0.367 e. The highest BCUT2D eigenvalue weighted by atomic mass is 19.4. The van der Waals surface area contributed by atoms with Gasteiger partial charge in [-0.25, -0.2) is 0 Å². The molecule has 1 N–H and O–H groups in total. The molecule has 1 amide bonds. The van der Waals surface area contributed by atoms with Crippen LogP contribution in [-0.4, -0.2) is 23.8 Å². The van der Waals surface area contributed by atoms with Crippen molar-refractivity contribution in [1.29, 1.82) is 0 Å². The molecule has 0 saturated carbocycles. The van der Waals surface area contributed by atoms with Gasteiger partial charge in [0.25, 0.3) is 11.5 Å². The molecule has 1 atom stereocenters. The van der Waals surface area contributed by atoms with Crippen LogP contribution in [0, 0.1) is 0 Å². The molecule has 24 heavy (non-hydrogen) atoms. The van der Waals surface area contributed by atoms with E-state index in [9.17, 15) is 22.8 Å². The van der Waals surface area contributed by atoms with Gasteiger partial charge in [-0.1, -0.05) is 12.1 Å². The molecule has 2 rings (SSSR count). The van der Waals surface area contributed by atoms with E-state index in [1.54, 1.807) is 0 Å². The highest BCUT2D eigenvalue weighted by Crippen LogP contribution is 2.36. The number of nitrogens with zero attached hydrogens (tertiary/aromatic N) is 1. The number of benzene rings is 1. The average Bonchev–Trinajstić information content (AvgIpc) is 2.49. The van der Waals surface area contributed by atoms with Gasteiger partial charge in [0.1, 0.15) is 5.56 Å². The number of anilines is 1.